The molecule has 0 aliphatic rings. The summed E-state index contributed by atoms with van der Waals surface area (Å²) in [4.78, 5) is 21.7. The fourth-order valence-electron chi connectivity index (χ4n) is 6.46. The maximum absolute atomic E-state index is 12.2. The summed E-state index contributed by atoms with van der Waals surface area (Å²) in [6.45, 7) is 23.9. The molecule has 271 valence electrons. The Hall–Kier alpha value is -2.70. The molecule has 0 bridgehead atoms. The number of carbonyl (C=O) groups is 1. The molecule has 0 amide bonds. The van der Waals surface area contributed by atoms with Gasteiger partial charge in [-0.25, -0.2) is 4.98 Å². The molecule has 0 spiro atoms. The first-order valence-electron chi connectivity index (χ1n) is 18.3. The Morgan fingerprint density at radius 2 is 1.50 bits per heavy atom. The molecule has 5 aromatic rings. The smallest absolute Gasteiger partial charge is 0.164 e. The fraction of sp³-hybridized carbons (Fsp3) is 0.465. The number of thiophene rings is 1. The number of allylic oxidation sites excluding steroid dienone is 2. The minimum atomic E-state index is -1.55. The number of ketones is 1. The Kier molecular flexibility index (Phi) is 14.4. The van der Waals surface area contributed by atoms with Gasteiger partial charge in [0, 0.05) is 57.5 Å². The first-order chi connectivity index (χ1) is 23.2. The monoisotopic (exact) mass is 886 g/mol. The third kappa shape index (κ3) is 8.66. The van der Waals surface area contributed by atoms with E-state index >= 15 is 0 Å². The topological polar surface area (TPSA) is 63.1 Å². The molecule has 0 saturated heterocycles. The summed E-state index contributed by atoms with van der Waals surface area (Å²) in [6.07, 6.45) is 8.81. The Bertz CT molecular complexity index is 1950. The zero-order valence-electron chi connectivity index (χ0n) is 32.1. The van der Waals surface area contributed by atoms with Gasteiger partial charge in [0.2, 0.25) is 0 Å². The number of hydrogen-bond donors (Lipinski definition) is 1. The fourth-order valence-corrected chi connectivity index (χ4v) is 9.27. The van der Waals surface area contributed by atoms with Crippen LogP contribution in [0.4, 0.5) is 0 Å². The van der Waals surface area contributed by atoms with E-state index in [9.17, 15) is 9.90 Å². The second-order valence-electron chi connectivity index (χ2n) is 15.1. The molecule has 1 N–H and O–H groups in total. The predicted molar refractivity (Wildman–Crippen MR) is 216 cm³/mol. The Morgan fingerprint density at radius 1 is 0.880 bits per heavy atom. The minimum absolute atomic E-state index is 0. The van der Waals surface area contributed by atoms with Crippen molar-refractivity contribution in [2.75, 3.05) is 0 Å². The first kappa shape index (κ1) is 41.7. The van der Waals surface area contributed by atoms with E-state index in [0.717, 1.165) is 47.2 Å². The van der Waals surface area contributed by atoms with Gasteiger partial charge in [-0.15, -0.1) is 40.1 Å². The van der Waals surface area contributed by atoms with E-state index in [0.29, 0.717) is 5.92 Å². The Morgan fingerprint density at radius 3 is 2.08 bits per heavy atom. The van der Waals surface area contributed by atoms with Gasteiger partial charge in [0.1, 0.15) is 12.1 Å². The first-order valence-corrected chi connectivity index (χ1v) is 22.6. The number of aliphatic hydroxyl groups excluding tert-OH is 1. The molecule has 0 aliphatic heterocycles. The second-order valence-corrected chi connectivity index (χ2v) is 21.2. The third-order valence-electron chi connectivity index (χ3n) is 11.2. The molecule has 0 atom stereocenters. The zero-order chi connectivity index (χ0) is 36.1. The molecule has 3 aromatic carbocycles. The quantitative estimate of drug-likeness (QED) is 0.0587. The van der Waals surface area contributed by atoms with Crippen molar-refractivity contribution in [3.8, 4) is 11.3 Å². The molecule has 0 unspecified atom stereocenters. The van der Waals surface area contributed by atoms with Crippen molar-refractivity contribution in [2.45, 2.75) is 119 Å². The number of nitrogens with zero attached hydrogens (tertiary/aromatic N) is 2. The molecule has 1 radical (unpaired) electrons. The number of rotatable bonds is 12. The van der Waals surface area contributed by atoms with E-state index in [1.807, 2.05) is 52.9 Å². The number of benzene rings is 3. The average Bonchev–Trinajstić information content (AvgIpc) is 3.49. The Labute approximate surface area is 319 Å². The van der Waals surface area contributed by atoms with E-state index in [2.05, 4.69) is 88.1 Å². The molecule has 50 heavy (non-hydrogen) atoms. The van der Waals surface area contributed by atoms with Crippen molar-refractivity contribution >= 4 is 61.5 Å². The van der Waals surface area contributed by atoms with Crippen LogP contribution in [0.1, 0.15) is 105 Å². The number of aromatic nitrogens is 2. The van der Waals surface area contributed by atoms with Crippen LogP contribution in [0.5, 0.6) is 0 Å². The van der Waals surface area contributed by atoms with Crippen LogP contribution in [0.3, 0.4) is 0 Å². The summed E-state index contributed by atoms with van der Waals surface area (Å²) in [5, 5.41) is 15.3. The largest absolute Gasteiger partial charge is 0.512 e. The van der Waals surface area contributed by atoms with Crippen molar-refractivity contribution in [1.82, 2.24) is 9.97 Å². The standard InChI is InChI=1S/C28H29N2SSi.C15H28O2.Ir/c1-6-18(7-2)19-12-13-23-24(15-19)31-28-26(29-17-30-27(23)28)21-14-20-10-8-9-11-22(20)25(16-21)32(3,4)5;1-7-14(5,8-2)12(16)11-13(17)15(6,9-3)10-4;/h8-13,15-18H,6-7H2,1-5H3;11,16H,7-10H2,1-6H3;/q-1;;/b;12-11-;. The van der Waals surface area contributed by atoms with Gasteiger partial charge in [0.05, 0.1) is 13.6 Å². The molecule has 7 heteroatoms. The number of hydrogen-bond acceptors (Lipinski definition) is 5. The van der Waals surface area contributed by atoms with Crippen LogP contribution < -0.4 is 5.19 Å². The molecule has 2 aromatic heterocycles. The molecule has 0 aliphatic carbocycles. The molecular formula is C43H57IrN2O2SSi-. The summed E-state index contributed by atoms with van der Waals surface area (Å²) in [5.74, 6) is 0.900. The Balaban J connectivity index is 0.000000323. The second kappa shape index (κ2) is 17.2. The summed E-state index contributed by atoms with van der Waals surface area (Å²) in [6, 6.07) is 21.6. The van der Waals surface area contributed by atoms with Crippen LogP contribution >= 0.6 is 11.3 Å². The van der Waals surface area contributed by atoms with Gasteiger partial charge >= 0.3 is 0 Å². The van der Waals surface area contributed by atoms with E-state index in [-0.39, 0.29) is 42.5 Å². The van der Waals surface area contributed by atoms with Gasteiger partial charge in [-0.3, -0.25) is 9.78 Å². The van der Waals surface area contributed by atoms with Gasteiger partial charge in [-0.1, -0.05) is 116 Å². The van der Waals surface area contributed by atoms with Crippen molar-refractivity contribution in [1.29, 1.82) is 0 Å². The van der Waals surface area contributed by atoms with Crippen LogP contribution in [0, 0.1) is 16.9 Å². The van der Waals surface area contributed by atoms with Gasteiger partial charge in [0.15, 0.2) is 5.78 Å². The van der Waals surface area contributed by atoms with Crippen LogP contribution in [-0.2, 0) is 24.9 Å². The molecule has 5 rings (SSSR count). The minimum Gasteiger partial charge on any atom is -0.512 e. The van der Waals surface area contributed by atoms with Gasteiger partial charge < -0.3 is 5.11 Å². The number of aliphatic hydroxyl groups is 1. The van der Waals surface area contributed by atoms with Crippen molar-refractivity contribution in [3.05, 3.63) is 78.3 Å². The SMILES string of the molecule is CCC(C)(CC)C(=O)/C=C(\O)C(C)(CC)CC.CCC(CC)c1ccc2c(c1)sc1c(-c3[c-]c4ccccc4c([Si](C)(C)C)c3)ncnc12.[Ir]. The van der Waals surface area contributed by atoms with Crippen LogP contribution in [0.2, 0.25) is 19.6 Å². The van der Waals surface area contributed by atoms with Gasteiger partial charge in [0.25, 0.3) is 0 Å². The van der Waals surface area contributed by atoms with Crippen molar-refractivity contribution < 1.29 is 30.0 Å². The third-order valence-corrected chi connectivity index (χ3v) is 14.4. The molecular weight excluding hydrogens is 829 g/mol. The van der Waals surface area contributed by atoms with Crippen molar-refractivity contribution in [3.63, 3.8) is 0 Å². The van der Waals surface area contributed by atoms with E-state index in [1.165, 1.54) is 50.5 Å². The van der Waals surface area contributed by atoms with Crippen molar-refractivity contribution in [2.24, 2.45) is 10.8 Å². The zero-order valence-corrected chi connectivity index (χ0v) is 36.3. The number of carbonyl (C=O) groups excluding carboxylic acids is 1. The summed E-state index contributed by atoms with van der Waals surface area (Å²) >= 11 is 1.82. The summed E-state index contributed by atoms with van der Waals surface area (Å²) in [5.41, 5.74) is 3.98. The van der Waals surface area contributed by atoms with Gasteiger partial charge in [-0.05, 0) is 56.1 Å². The summed E-state index contributed by atoms with van der Waals surface area (Å²) in [7, 11) is -1.55. The van der Waals surface area contributed by atoms with E-state index < -0.39 is 8.07 Å². The van der Waals surface area contributed by atoms with E-state index in [4.69, 9.17) is 9.97 Å². The maximum Gasteiger partial charge on any atom is 0.164 e. The van der Waals surface area contributed by atoms with E-state index in [1.54, 1.807) is 6.33 Å². The molecule has 4 nitrogen and oxygen atoms in total. The normalized spacial score (nSPS) is 12.7. The predicted octanol–water partition coefficient (Wildman–Crippen LogP) is 12.6. The molecule has 2 heterocycles. The molecule has 0 saturated carbocycles. The molecule has 0 fully saturated rings. The number of fused-ring (bicyclic) bond motifs is 4. The van der Waals surface area contributed by atoms with Crippen LogP contribution in [0.15, 0.2) is 66.7 Å². The van der Waals surface area contributed by atoms with Crippen LogP contribution in [-0.4, -0.2) is 28.9 Å². The van der Waals surface area contributed by atoms with Gasteiger partial charge in [-0.2, -0.15) is 0 Å². The average molecular weight is 886 g/mol. The maximum atomic E-state index is 12.2. The van der Waals surface area contributed by atoms with Crippen LogP contribution in [0.25, 0.3) is 42.3 Å². The summed E-state index contributed by atoms with van der Waals surface area (Å²) < 4.78 is 2.47.